The summed E-state index contributed by atoms with van der Waals surface area (Å²) in [5.41, 5.74) is 4.52. The SMILES string of the molecule is Cc1cnc2nc(N3CCC(CC(=O)NCCOCCOCCNCc4ccc5cc(CCc6ccccc6)oc5c4)CC3)ccn12. The van der Waals surface area contributed by atoms with Crippen molar-refractivity contribution < 1.29 is 18.7 Å². The molecule has 0 radical (unpaired) electrons. The Bertz CT molecular complexity index is 1710. The second kappa shape index (κ2) is 16.5. The number of carbonyl (C=O) groups excluding carboxylic acids is 1. The minimum Gasteiger partial charge on any atom is -0.461 e. The molecule has 2 aromatic carbocycles. The standard InChI is InChI=1S/C37H46N6O4/c1-28-26-40-37-41-35(13-18-43(28)37)42-16-11-30(12-17-42)24-36(44)39-15-20-46-22-21-45-19-14-38-27-31-7-9-32-25-33(47-34(32)23-31)10-8-29-5-3-2-4-6-29/h2-7,9,13,18,23,25-26,30,38H,8,10-12,14-17,19-22,24,27H2,1H3,(H,39,44). The number of ether oxygens (including phenoxy) is 2. The summed E-state index contributed by atoms with van der Waals surface area (Å²) in [6.07, 6.45) is 8.25. The lowest BCUT2D eigenvalue weighted by molar-refractivity contribution is -0.122. The van der Waals surface area contributed by atoms with Gasteiger partial charge in [-0.25, -0.2) is 4.98 Å². The first-order valence-corrected chi connectivity index (χ1v) is 16.8. The van der Waals surface area contributed by atoms with Gasteiger partial charge in [0, 0.05) is 62.8 Å². The molecule has 0 saturated carbocycles. The molecule has 0 bridgehead atoms. The molecule has 1 amide bonds. The molecular formula is C37H46N6O4. The molecule has 10 nitrogen and oxygen atoms in total. The molecule has 1 aliphatic rings. The summed E-state index contributed by atoms with van der Waals surface area (Å²) >= 11 is 0. The lowest BCUT2D eigenvalue weighted by Gasteiger charge is -2.32. The van der Waals surface area contributed by atoms with Gasteiger partial charge in [0.1, 0.15) is 17.2 Å². The third kappa shape index (κ3) is 9.41. The van der Waals surface area contributed by atoms with Crippen molar-refractivity contribution in [2.75, 3.05) is 57.5 Å². The van der Waals surface area contributed by atoms with E-state index >= 15 is 0 Å². The van der Waals surface area contributed by atoms with Gasteiger partial charge in [-0.3, -0.25) is 9.20 Å². The fraction of sp³-hybridized carbons (Fsp3) is 0.432. The smallest absolute Gasteiger partial charge is 0.235 e. The number of fused-ring (bicyclic) bond motifs is 2. The van der Waals surface area contributed by atoms with Crippen LogP contribution in [0.3, 0.4) is 0 Å². The molecule has 4 heterocycles. The van der Waals surface area contributed by atoms with Crippen LogP contribution >= 0.6 is 0 Å². The zero-order chi connectivity index (χ0) is 32.3. The van der Waals surface area contributed by atoms with Gasteiger partial charge < -0.3 is 29.4 Å². The molecule has 0 aliphatic carbocycles. The Balaban J connectivity index is 0.763. The van der Waals surface area contributed by atoms with Gasteiger partial charge in [0.05, 0.1) is 32.6 Å². The predicted molar refractivity (Wildman–Crippen MR) is 184 cm³/mol. The van der Waals surface area contributed by atoms with Gasteiger partial charge >= 0.3 is 0 Å². The van der Waals surface area contributed by atoms with Gasteiger partial charge in [-0.05, 0) is 61.4 Å². The fourth-order valence-corrected chi connectivity index (χ4v) is 6.10. The number of hydrogen-bond donors (Lipinski definition) is 2. The first-order chi connectivity index (χ1) is 23.1. The first kappa shape index (κ1) is 32.7. The molecule has 0 unspecified atom stereocenters. The van der Waals surface area contributed by atoms with E-state index in [1.165, 1.54) is 11.1 Å². The van der Waals surface area contributed by atoms with Crippen LogP contribution in [0.15, 0.2) is 77.5 Å². The third-order valence-electron chi connectivity index (χ3n) is 8.79. The zero-order valence-corrected chi connectivity index (χ0v) is 27.3. The summed E-state index contributed by atoms with van der Waals surface area (Å²) in [6.45, 7) is 7.98. The van der Waals surface area contributed by atoms with Crippen molar-refractivity contribution in [3.63, 3.8) is 0 Å². The van der Waals surface area contributed by atoms with Crippen LogP contribution in [-0.4, -0.2) is 72.9 Å². The molecular weight excluding hydrogens is 592 g/mol. The topological polar surface area (TPSA) is 106 Å². The van der Waals surface area contributed by atoms with Crippen LogP contribution in [0, 0.1) is 12.8 Å². The number of aryl methyl sites for hydroxylation is 3. The Morgan fingerprint density at radius 3 is 2.57 bits per heavy atom. The summed E-state index contributed by atoms with van der Waals surface area (Å²) in [5.74, 6) is 3.19. The number of amides is 1. The lowest BCUT2D eigenvalue weighted by atomic mass is 9.93. The quantitative estimate of drug-likeness (QED) is 0.135. The second-order valence-corrected chi connectivity index (χ2v) is 12.3. The van der Waals surface area contributed by atoms with Crippen molar-refractivity contribution in [1.29, 1.82) is 0 Å². The number of carbonyl (C=O) groups is 1. The van der Waals surface area contributed by atoms with Gasteiger partial charge in [-0.2, -0.15) is 4.98 Å². The van der Waals surface area contributed by atoms with E-state index in [2.05, 4.69) is 69.0 Å². The largest absolute Gasteiger partial charge is 0.461 e. The van der Waals surface area contributed by atoms with Crippen molar-refractivity contribution >= 4 is 28.5 Å². The van der Waals surface area contributed by atoms with Gasteiger partial charge in [0.15, 0.2) is 0 Å². The molecule has 1 fully saturated rings. The molecule has 0 spiro atoms. The molecule has 248 valence electrons. The van der Waals surface area contributed by atoms with Gasteiger partial charge in [-0.1, -0.05) is 42.5 Å². The molecule has 2 N–H and O–H groups in total. The molecule has 5 aromatic rings. The Morgan fingerprint density at radius 2 is 1.74 bits per heavy atom. The second-order valence-electron chi connectivity index (χ2n) is 12.3. The Hall–Kier alpha value is -4.25. The number of furan rings is 1. The average molecular weight is 639 g/mol. The summed E-state index contributed by atoms with van der Waals surface area (Å²) < 4.78 is 19.4. The number of nitrogens with zero attached hydrogens (tertiary/aromatic N) is 4. The Kier molecular flexibility index (Phi) is 11.5. The summed E-state index contributed by atoms with van der Waals surface area (Å²) in [7, 11) is 0. The van der Waals surface area contributed by atoms with E-state index in [1.807, 2.05) is 35.9 Å². The highest BCUT2D eigenvalue weighted by Gasteiger charge is 2.22. The van der Waals surface area contributed by atoms with E-state index < -0.39 is 0 Å². The highest BCUT2D eigenvalue weighted by atomic mass is 16.5. The highest BCUT2D eigenvalue weighted by molar-refractivity contribution is 5.78. The molecule has 3 aromatic heterocycles. The molecule has 1 saturated heterocycles. The van der Waals surface area contributed by atoms with Crippen molar-refractivity contribution in [2.45, 2.75) is 45.6 Å². The minimum absolute atomic E-state index is 0.0940. The minimum atomic E-state index is 0.0940. The van der Waals surface area contributed by atoms with Gasteiger partial charge in [-0.15, -0.1) is 0 Å². The molecule has 0 atom stereocenters. The number of rotatable bonds is 17. The number of anilines is 1. The predicted octanol–water partition coefficient (Wildman–Crippen LogP) is 5.11. The maximum absolute atomic E-state index is 12.5. The Morgan fingerprint density at radius 1 is 0.936 bits per heavy atom. The number of hydrogen-bond acceptors (Lipinski definition) is 8. The van der Waals surface area contributed by atoms with Crippen LogP contribution in [0.2, 0.25) is 0 Å². The highest BCUT2D eigenvalue weighted by Crippen LogP contribution is 2.25. The average Bonchev–Trinajstić information content (AvgIpc) is 3.69. The number of piperidine rings is 1. The molecule has 6 rings (SSSR count). The van der Waals surface area contributed by atoms with E-state index in [-0.39, 0.29) is 5.91 Å². The number of aromatic nitrogens is 3. The van der Waals surface area contributed by atoms with Gasteiger partial charge in [0.2, 0.25) is 11.7 Å². The van der Waals surface area contributed by atoms with Crippen molar-refractivity contribution in [2.24, 2.45) is 5.92 Å². The Labute approximate surface area is 276 Å². The third-order valence-corrected chi connectivity index (χ3v) is 8.79. The van der Waals surface area contributed by atoms with Crippen LogP contribution in [0.1, 0.15) is 41.8 Å². The van der Waals surface area contributed by atoms with E-state index in [1.54, 1.807) is 0 Å². The molecule has 47 heavy (non-hydrogen) atoms. The fourth-order valence-electron chi connectivity index (χ4n) is 6.10. The van der Waals surface area contributed by atoms with E-state index in [4.69, 9.17) is 18.9 Å². The number of nitrogens with one attached hydrogen (secondary N) is 2. The maximum Gasteiger partial charge on any atom is 0.235 e. The van der Waals surface area contributed by atoms with Crippen LogP contribution in [0.4, 0.5) is 5.82 Å². The van der Waals surface area contributed by atoms with Crippen LogP contribution in [0.5, 0.6) is 0 Å². The van der Waals surface area contributed by atoms with Gasteiger partial charge in [0.25, 0.3) is 0 Å². The van der Waals surface area contributed by atoms with E-state index in [9.17, 15) is 4.79 Å². The first-order valence-electron chi connectivity index (χ1n) is 16.8. The van der Waals surface area contributed by atoms with Crippen LogP contribution < -0.4 is 15.5 Å². The summed E-state index contributed by atoms with van der Waals surface area (Å²) in [4.78, 5) is 23.8. The molecule has 10 heteroatoms. The van der Waals surface area contributed by atoms with E-state index in [0.29, 0.717) is 45.3 Å². The van der Waals surface area contributed by atoms with Crippen molar-refractivity contribution in [3.8, 4) is 0 Å². The number of imidazole rings is 1. The number of benzene rings is 2. The zero-order valence-electron chi connectivity index (χ0n) is 27.3. The van der Waals surface area contributed by atoms with Crippen LogP contribution in [-0.2, 0) is 33.7 Å². The molecule has 1 aliphatic heterocycles. The van der Waals surface area contributed by atoms with Crippen molar-refractivity contribution in [3.05, 3.63) is 95.6 Å². The monoisotopic (exact) mass is 638 g/mol. The summed E-state index contributed by atoms with van der Waals surface area (Å²) in [5, 5.41) is 7.57. The van der Waals surface area contributed by atoms with Crippen LogP contribution in [0.25, 0.3) is 16.7 Å². The normalized spacial score (nSPS) is 13.9. The van der Waals surface area contributed by atoms with E-state index in [0.717, 1.165) is 85.9 Å². The lowest BCUT2D eigenvalue weighted by Crippen LogP contribution is -2.37. The maximum atomic E-state index is 12.5. The summed E-state index contributed by atoms with van der Waals surface area (Å²) in [6, 6.07) is 21.1. The van der Waals surface area contributed by atoms with Crippen molar-refractivity contribution in [1.82, 2.24) is 25.0 Å².